The van der Waals surface area contributed by atoms with Crippen molar-refractivity contribution in [1.29, 1.82) is 0 Å². The molecule has 0 aliphatic carbocycles. The first-order valence-corrected chi connectivity index (χ1v) is 5.84. The van der Waals surface area contributed by atoms with Gasteiger partial charge in [0, 0.05) is 25.5 Å². The maximum absolute atomic E-state index is 11.8. The van der Waals surface area contributed by atoms with Gasteiger partial charge in [-0.2, -0.15) is 4.57 Å². The van der Waals surface area contributed by atoms with Crippen LogP contribution in [0.2, 0.25) is 0 Å². The summed E-state index contributed by atoms with van der Waals surface area (Å²) in [6.45, 7) is 3.09. The van der Waals surface area contributed by atoms with Crippen molar-refractivity contribution < 1.29 is 29.0 Å². The Bertz CT molecular complexity index is 536. The molecule has 0 bridgehead atoms. The molecule has 2 heterocycles. The predicted molar refractivity (Wildman–Crippen MR) is 63.5 cm³/mol. The van der Waals surface area contributed by atoms with Crippen LogP contribution in [0.1, 0.15) is 19.4 Å². The Balaban J connectivity index is 2.24. The van der Waals surface area contributed by atoms with Crippen LogP contribution >= 0.6 is 0 Å². The minimum atomic E-state index is -1.16. The number of rotatable bonds is 3. The van der Waals surface area contributed by atoms with Crippen molar-refractivity contribution in [2.24, 2.45) is 0 Å². The minimum Gasteiger partial charge on any atom is -0.480 e. The number of carbonyl (C=O) groups is 1. The van der Waals surface area contributed by atoms with Crippen LogP contribution in [-0.2, 0) is 27.4 Å². The highest BCUT2D eigenvalue weighted by molar-refractivity contribution is 5.89. The van der Waals surface area contributed by atoms with Crippen LogP contribution in [0.3, 0.4) is 0 Å². The van der Waals surface area contributed by atoms with Gasteiger partial charge < -0.3 is 19.7 Å². The molecule has 102 valence electrons. The predicted octanol–water partition coefficient (Wildman–Crippen LogP) is 0.545. The zero-order valence-corrected chi connectivity index (χ0v) is 10.8. The van der Waals surface area contributed by atoms with Crippen molar-refractivity contribution >= 4 is 5.97 Å². The number of nitrogens with zero attached hydrogens (tertiary/aromatic N) is 1. The zero-order valence-electron chi connectivity index (χ0n) is 10.8. The number of cyclic esters (lactones) is 1. The molecule has 19 heavy (non-hydrogen) atoms. The monoisotopic (exact) mass is 266 g/mol. The van der Waals surface area contributed by atoms with E-state index in [1.54, 1.807) is 29.1 Å². The first kappa shape index (κ1) is 13.4. The molecule has 0 aromatic carbocycles. The second-order valence-corrected chi connectivity index (χ2v) is 4.72. The molecular weight excluding hydrogens is 250 g/mol. The van der Waals surface area contributed by atoms with Crippen LogP contribution in [0.4, 0.5) is 0 Å². The molecule has 0 fully saturated rings. The van der Waals surface area contributed by atoms with Crippen molar-refractivity contribution in [3.8, 4) is 0 Å². The number of pyridine rings is 1. The molecule has 1 aromatic heterocycles. The van der Waals surface area contributed by atoms with Crippen LogP contribution in [0, 0.1) is 0 Å². The second kappa shape index (κ2) is 4.89. The largest absolute Gasteiger partial charge is 0.480 e. The van der Waals surface area contributed by atoms with E-state index in [1.807, 2.05) is 0 Å². The van der Waals surface area contributed by atoms with Gasteiger partial charge in [0.2, 0.25) is 0 Å². The molecule has 2 rings (SSSR count). The molecule has 1 aromatic rings. The Labute approximate surface area is 110 Å². The third-order valence-corrected chi connectivity index (χ3v) is 2.63. The van der Waals surface area contributed by atoms with Gasteiger partial charge in [0.15, 0.2) is 24.5 Å². The van der Waals surface area contributed by atoms with Crippen molar-refractivity contribution in [3.63, 3.8) is 0 Å². The Morgan fingerprint density at radius 3 is 2.74 bits per heavy atom. The van der Waals surface area contributed by atoms with E-state index < -0.39 is 17.7 Å². The highest BCUT2D eigenvalue weighted by Gasteiger charge is 2.37. The molecule has 0 amide bonds. The smallest absolute Gasteiger partial charge is 0.351 e. The van der Waals surface area contributed by atoms with Gasteiger partial charge in [0.1, 0.15) is 0 Å². The van der Waals surface area contributed by atoms with Crippen molar-refractivity contribution in [2.75, 3.05) is 0 Å². The summed E-state index contributed by atoms with van der Waals surface area (Å²) < 4.78 is 11.8. The van der Waals surface area contributed by atoms with Crippen molar-refractivity contribution in [3.05, 3.63) is 41.6 Å². The lowest BCUT2D eigenvalue weighted by atomic mass is 10.2. The number of esters is 1. The van der Waals surface area contributed by atoms with E-state index in [1.165, 1.54) is 13.8 Å². The lowest BCUT2D eigenvalue weighted by Gasteiger charge is -2.29. The summed E-state index contributed by atoms with van der Waals surface area (Å²) in [6.07, 6.45) is 3.39. The summed E-state index contributed by atoms with van der Waals surface area (Å²) in [7, 11) is 0. The van der Waals surface area contributed by atoms with Gasteiger partial charge in [-0.05, 0) is 6.07 Å². The standard InChI is InChI=1S/C13H15NO5/c1-13(2)18-11(16)10(12(17)19-13)7-14-5-3-4-9(6-14)8-15/h3-6,15H,7-8H2,1-2H3/p+1. The quantitative estimate of drug-likeness (QED) is 0.617. The number of aromatic nitrogens is 1. The molecule has 2 N–H and O–H groups in total. The van der Waals surface area contributed by atoms with Gasteiger partial charge >= 0.3 is 5.97 Å². The lowest BCUT2D eigenvalue weighted by molar-refractivity contribution is -0.689. The first-order valence-electron chi connectivity index (χ1n) is 5.84. The first-order chi connectivity index (χ1) is 8.91. The molecule has 0 saturated heterocycles. The fourth-order valence-electron chi connectivity index (χ4n) is 1.77. The van der Waals surface area contributed by atoms with Gasteiger partial charge in [0.05, 0.1) is 6.61 Å². The van der Waals surface area contributed by atoms with E-state index in [9.17, 15) is 9.90 Å². The molecule has 1 aliphatic heterocycles. The molecule has 1 aliphatic rings. The van der Waals surface area contributed by atoms with Crippen LogP contribution in [0.15, 0.2) is 36.0 Å². The number of aliphatic hydroxyl groups is 2. The maximum Gasteiger partial charge on any atom is 0.351 e. The average Bonchev–Trinajstić information content (AvgIpc) is 2.33. The second-order valence-electron chi connectivity index (χ2n) is 4.72. The summed E-state index contributed by atoms with van der Waals surface area (Å²) in [5.74, 6) is -2.21. The fraction of sp³-hybridized carbons (Fsp3) is 0.385. The Morgan fingerprint density at radius 1 is 1.37 bits per heavy atom. The highest BCUT2D eigenvalue weighted by Crippen LogP contribution is 2.24. The van der Waals surface area contributed by atoms with E-state index in [0.717, 1.165) is 0 Å². The zero-order chi connectivity index (χ0) is 14.0. The van der Waals surface area contributed by atoms with Gasteiger partial charge in [-0.3, -0.25) is 0 Å². The molecule has 0 radical (unpaired) electrons. The van der Waals surface area contributed by atoms with E-state index in [4.69, 9.17) is 14.6 Å². The summed E-state index contributed by atoms with van der Waals surface area (Å²) >= 11 is 0. The molecular formula is C13H16NO5+. The van der Waals surface area contributed by atoms with Crippen LogP contribution in [0.25, 0.3) is 0 Å². The van der Waals surface area contributed by atoms with Gasteiger partial charge in [-0.15, -0.1) is 0 Å². The van der Waals surface area contributed by atoms with Crippen LogP contribution in [0.5, 0.6) is 0 Å². The highest BCUT2D eigenvalue weighted by atomic mass is 16.8. The molecule has 0 spiro atoms. The lowest BCUT2D eigenvalue weighted by Crippen LogP contribution is -2.43. The van der Waals surface area contributed by atoms with Crippen LogP contribution < -0.4 is 4.57 Å². The van der Waals surface area contributed by atoms with Gasteiger partial charge in [0.25, 0.3) is 11.7 Å². The Morgan fingerprint density at radius 2 is 2.11 bits per heavy atom. The van der Waals surface area contributed by atoms with Crippen molar-refractivity contribution in [2.45, 2.75) is 32.8 Å². The maximum atomic E-state index is 11.8. The molecule has 6 nitrogen and oxygen atoms in total. The Hall–Kier alpha value is -2.08. The summed E-state index contributed by atoms with van der Waals surface area (Å²) in [6, 6.07) is 3.49. The number of carbonyl (C=O) groups excluding carboxylic acids is 1. The van der Waals surface area contributed by atoms with Crippen molar-refractivity contribution in [1.82, 2.24) is 0 Å². The Kier molecular flexibility index (Phi) is 3.44. The number of aliphatic hydroxyl groups excluding tert-OH is 2. The minimum absolute atomic E-state index is 0.0411. The number of ether oxygens (including phenoxy) is 2. The van der Waals surface area contributed by atoms with E-state index in [-0.39, 0.29) is 18.7 Å². The number of hydrogen-bond acceptors (Lipinski definition) is 5. The van der Waals surface area contributed by atoms with E-state index in [0.29, 0.717) is 5.56 Å². The third kappa shape index (κ3) is 3.03. The van der Waals surface area contributed by atoms with Gasteiger partial charge in [-0.25, -0.2) is 4.79 Å². The van der Waals surface area contributed by atoms with E-state index in [2.05, 4.69) is 0 Å². The molecule has 6 heteroatoms. The van der Waals surface area contributed by atoms with E-state index >= 15 is 0 Å². The third-order valence-electron chi connectivity index (χ3n) is 2.63. The SMILES string of the molecule is CC1(C)OC(=O)C(C[n+]2cccc(CO)c2)=C(O)O1. The summed E-state index contributed by atoms with van der Waals surface area (Å²) in [5, 5.41) is 18.8. The molecule has 0 unspecified atom stereocenters. The summed E-state index contributed by atoms with van der Waals surface area (Å²) in [5.41, 5.74) is 0.743. The summed E-state index contributed by atoms with van der Waals surface area (Å²) in [4.78, 5) is 11.8. The molecule has 0 atom stereocenters. The topological polar surface area (TPSA) is 79.9 Å². The van der Waals surface area contributed by atoms with Gasteiger partial charge in [-0.1, -0.05) is 0 Å². The number of hydrogen-bond donors (Lipinski definition) is 2. The normalized spacial score (nSPS) is 17.9. The van der Waals surface area contributed by atoms with Crippen LogP contribution in [-0.4, -0.2) is 22.0 Å². The molecule has 0 saturated carbocycles. The average molecular weight is 266 g/mol. The fourth-order valence-corrected chi connectivity index (χ4v) is 1.77.